The Bertz CT molecular complexity index is 628. The summed E-state index contributed by atoms with van der Waals surface area (Å²) < 4.78 is 1.90. The summed E-state index contributed by atoms with van der Waals surface area (Å²) in [6.07, 6.45) is 1.29. The van der Waals surface area contributed by atoms with E-state index in [0.717, 1.165) is 11.2 Å². The monoisotopic (exact) mass is 233 g/mol. The highest BCUT2D eigenvalue weighted by Crippen LogP contribution is 2.27. The second-order valence-corrected chi connectivity index (χ2v) is 3.76. The van der Waals surface area contributed by atoms with E-state index in [0.29, 0.717) is 10.9 Å². The predicted molar refractivity (Wildman–Crippen MR) is 63.7 cm³/mol. The zero-order valence-corrected chi connectivity index (χ0v) is 9.41. The lowest BCUT2D eigenvalue weighted by Gasteiger charge is -1.97. The minimum atomic E-state index is -0.443. The first kappa shape index (κ1) is 11.1. The van der Waals surface area contributed by atoms with Crippen LogP contribution in [0.1, 0.15) is 11.3 Å². The molecule has 6 nitrogen and oxygen atoms in total. The average molecular weight is 233 g/mol. The maximum Gasteiger partial charge on any atom is 0.270 e. The summed E-state index contributed by atoms with van der Waals surface area (Å²) >= 11 is 0. The van der Waals surface area contributed by atoms with E-state index < -0.39 is 4.92 Å². The molecule has 0 fully saturated rings. The van der Waals surface area contributed by atoms with Crippen molar-refractivity contribution in [3.05, 3.63) is 39.6 Å². The fourth-order valence-corrected chi connectivity index (χ4v) is 1.92. The van der Waals surface area contributed by atoms with Crippen LogP contribution in [0.15, 0.2) is 23.4 Å². The number of non-ortho nitro benzene ring substituents is 1. The molecule has 88 valence electrons. The minimum Gasteiger partial charge on any atom is -0.411 e. The molecule has 0 atom stereocenters. The van der Waals surface area contributed by atoms with E-state index in [2.05, 4.69) is 5.16 Å². The second-order valence-electron chi connectivity index (χ2n) is 3.76. The van der Waals surface area contributed by atoms with Crippen molar-refractivity contribution >= 4 is 22.8 Å². The molecule has 0 aliphatic rings. The third-order valence-electron chi connectivity index (χ3n) is 2.92. The molecule has 0 spiro atoms. The molecule has 17 heavy (non-hydrogen) atoms. The highest BCUT2D eigenvalue weighted by Gasteiger charge is 2.14. The maximum atomic E-state index is 10.7. The quantitative estimate of drug-likeness (QED) is 0.373. The van der Waals surface area contributed by atoms with Gasteiger partial charge in [0.2, 0.25) is 0 Å². The Morgan fingerprint density at radius 1 is 1.53 bits per heavy atom. The fraction of sp³-hybridized carbons (Fsp3) is 0.182. The van der Waals surface area contributed by atoms with Gasteiger partial charge in [0.25, 0.3) is 5.69 Å². The first-order chi connectivity index (χ1) is 8.06. The number of fused-ring (bicyclic) bond motifs is 1. The van der Waals surface area contributed by atoms with E-state index in [4.69, 9.17) is 5.21 Å². The van der Waals surface area contributed by atoms with Crippen LogP contribution in [0.5, 0.6) is 0 Å². The maximum absolute atomic E-state index is 10.7. The molecule has 0 bridgehead atoms. The highest BCUT2D eigenvalue weighted by molar-refractivity contribution is 6.01. The number of benzene rings is 1. The molecule has 0 saturated carbocycles. The fourth-order valence-electron chi connectivity index (χ4n) is 1.92. The molecule has 1 aromatic carbocycles. The van der Waals surface area contributed by atoms with Crippen molar-refractivity contribution < 1.29 is 10.1 Å². The summed E-state index contributed by atoms with van der Waals surface area (Å²) in [5, 5.41) is 23.0. The van der Waals surface area contributed by atoms with Crippen LogP contribution in [0.4, 0.5) is 5.69 Å². The van der Waals surface area contributed by atoms with Crippen molar-refractivity contribution in [1.29, 1.82) is 0 Å². The summed E-state index contributed by atoms with van der Waals surface area (Å²) in [5.41, 5.74) is 2.46. The van der Waals surface area contributed by atoms with Crippen molar-refractivity contribution in [2.75, 3.05) is 0 Å². The van der Waals surface area contributed by atoms with Gasteiger partial charge >= 0.3 is 0 Å². The van der Waals surface area contributed by atoms with Crippen LogP contribution in [0.25, 0.3) is 10.9 Å². The van der Waals surface area contributed by atoms with E-state index in [1.807, 2.05) is 18.5 Å². The summed E-state index contributed by atoms with van der Waals surface area (Å²) in [7, 11) is 1.86. The molecule has 6 heteroatoms. The van der Waals surface area contributed by atoms with Crippen molar-refractivity contribution in [1.82, 2.24) is 4.57 Å². The van der Waals surface area contributed by atoms with Gasteiger partial charge in [-0.15, -0.1) is 0 Å². The van der Waals surface area contributed by atoms with Gasteiger partial charge in [-0.3, -0.25) is 10.1 Å². The van der Waals surface area contributed by atoms with Crippen molar-refractivity contribution in [3.8, 4) is 0 Å². The number of aryl methyl sites for hydroxylation is 1. The van der Waals surface area contributed by atoms with Crippen LogP contribution in [-0.2, 0) is 7.05 Å². The number of nitro groups is 1. The zero-order chi connectivity index (χ0) is 12.6. The number of aromatic nitrogens is 1. The van der Waals surface area contributed by atoms with Crippen LogP contribution in [0.2, 0.25) is 0 Å². The van der Waals surface area contributed by atoms with Crippen LogP contribution in [0, 0.1) is 17.0 Å². The number of hydrogen-bond acceptors (Lipinski definition) is 4. The third kappa shape index (κ3) is 1.63. The Morgan fingerprint density at radius 2 is 2.24 bits per heavy atom. The lowest BCUT2D eigenvalue weighted by Crippen LogP contribution is -1.91. The number of oxime groups is 1. The largest absolute Gasteiger partial charge is 0.411 e. The molecular weight excluding hydrogens is 222 g/mol. The van der Waals surface area contributed by atoms with Crippen LogP contribution >= 0.6 is 0 Å². The molecule has 0 saturated heterocycles. The molecule has 2 rings (SSSR count). The van der Waals surface area contributed by atoms with Gasteiger partial charge in [0.1, 0.15) is 0 Å². The highest BCUT2D eigenvalue weighted by atomic mass is 16.6. The van der Waals surface area contributed by atoms with E-state index in [-0.39, 0.29) is 5.69 Å². The summed E-state index contributed by atoms with van der Waals surface area (Å²) in [6, 6.07) is 4.64. The van der Waals surface area contributed by atoms with Crippen LogP contribution < -0.4 is 0 Å². The normalized spacial score (nSPS) is 11.4. The predicted octanol–water partition coefficient (Wildman–Crippen LogP) is 2.20. The smallest absolute Gasteiger partial charge is 0.270 e. The molecule has 2 aromatic rings. The van der Waals surface area contributed by atoms with E-state index in [9.17, 15) is 10.1 Å². The molecule has 0 aliphatic heterocycles. The Labute approximate surface area is 96.9 Å². The van der Waals surface area contributed by atoms with Gasteiger partial charge in [-0.1, -0.05) is 5.16 Å². The van der Waals surface area contributed by atoms with E-state index >= 15 is 0 Å². The van der Waals surface area contributed by atoms with Crippen LogP contribution in [-0.4, -0.2) is 20.9 Å². The molecule has 0 amide bonds. The summed E-state index contributed by atoms with van der Waals surface area (Å²) in [6.45, 7) is 1.86. The summed E-state index contributed by atoms with van der Waals surface area (Å²) in [5.74, 6) is 0. The number of hydrogen-bond donors (Lipinski definition) is 1. The molecule has 1 aromatic heterocycles. The molecule has 0 radical (unpaired) electrons. The number of nitro benzene ring substituents is 1. The zero-order valence-electron chi connectivity index (χ0n) is 9.41. The molecular formula is C11H11N3O3. The van der Waals surface area contributed by atoms with Gasteiger partial charge in [0.05, 0.1) is 11.1 Å². The van der Waals surface area contributed by atoms with Crippen LogP contribution in [0.3, 0.4) is 0 Å². The first-order valence-electron chi connectivity index (χ1n) is 4.97. The van der Waals surface area contributed by atoms with Gasteiger partial charge in [-0.05, 0) is 13.0 Å². The van der Waals surface area contributed by atoms with Gasteiger partial charge in [-0.25, -0.2) is 0 Å². The lowest BCUT2D eigenvalue weighted by molar-refractivity contribution is -0.384. The molecule has 1 N–H and O–H groups in total. The van der Waals surface area contributed by atoms with Gasteiger partial charge in [0.15, 0.2) is 0 Å². The Balaban J connectivity index is 2.83. The third-order valence-corrected chi connectivity index (χ3v) is 2.92. The molecule has 1 heterocycles. The molecule has 0 unspecified atom stereocenters. The van der Waals surface area contributed by atoms with Gasteiger partial charge < -0.3 is 9.77 Å². The Kier molecular flexibility index (Phi) is 2.55. The Hall–Kier alpha value is -2.37. The SMILES string of the molecule is Cc1c(/C=N\O)c2cc([N+](=O)[O-])ccc2n1C. The topological polar surface area (TPSA) is 80.7 Å². The van der Waals surface area contributed by atoms with Gasteiger partial charge in [0, 0.05) is 41.3 Å². The second kappa shape index (κ2) is 3.89. The first-order valence-corrected chi connectivity index (χ1v) is 4.97. The average Bonchev–Trinajstić information content (AvgIpc) is 2.54. The Morgan fingerprint density at radius 3 is 2.82 bits per heavy atom. The standard InChI is InChI=1S/C11H11N3O3/c1-7-10(6-12-15)9-5-8(14(16)17)3-4-11(9)13(7)2/h3-6,15H,1-2H3/b12-6-. The van der Waals surface area contributed by atoms with Crippen molar-refractivity contribution in [2.24, 2.45) is 12.2 Å². The number of nitrogens with zero attached hydrogens (tertiary/aromatic N) is 3. The van der Waals surface area contributed by atoms with E-state index in [1.165, 1.54) is 18.3 Å². The minimum absolute atomic E-state index is 0.0238. The van der Waals surface area contributed by atoms with Crippen molar-refractivity contribution in [2.45, 2.75) is 6.92 Å². The van der Waals surface area contributed by atoms with E-state index in [1.54, 1.807) is 6.07 Å². The lowest BCUT2D eigenvalue weighted by atomic mass is 10.1. The number of rotatable bonds is 2. The van der Waals surface area contributed by atoms with Crippen molar-refractivity contribution in [3.63, 3.8) is 0 Å². The molecule has 0 aliphatic carbocycles. The van der Waals surface area contributed by atoms with Gasteiger partial charge in [-0.2, -0.15) is 0 Å². The summed E-state index contributed by atoms with van der Waals surface area (Å²) in [4.78, 5) is 10.3.